The van der Waals surface area contributed by atoms with Crippen molar-refractivity contribution in [2.24, 2.45) is 0 Å². The predicted molar refractivity (Wildman–Crippen MR) is 299 cm³/mol. The van der Waals surface area contributed by atoms with Gasteiger partial charge in [-0.05, 0) is 96.3 Å². The lowest BCUT2D eigenvalue weighted by molar-refractivity contribution is -0.870. The lowest BCUT2D eigenvalue weighted by Crippen LogP contribution is -2.40. The molecule has 71 heavy (non-hydrogen) atoms. The first-order valence-corrected chi connectivity index (χ1v) is 28.4. The predicted octanol–water partition coefficient (Wildman–Crippen LogP) is 16.6. The number of likely N-dealkylation sites (N-methyl/N-ethyl adjacent to an activating group) is 1. The van der Waals surface area contributed by atoms with Gasteiger partial charge in [0.15, 0.2) is 6.10 Å². The van der Waals surface area contributed by atoms with Gasteiger partial charge in [0.25, 0.3) is 6.29 Å². The van der Waals surface area contributed by atoms with Crippen molar-refractivity contribution in [3.05, 3.63) is 97.2 Å². The molecular formula is C62H106NO8+. The zero-order valence-corrected chi connectivity index (χ0v) is 46.1. The minimum atomic E-state index is -1.52. The average molecular weight is 994 g/mol. The molecule has 0 saturated heterocycles. The van der Waals surface area contributed by atoms with E-state index in [0.29, 0.717) is 17.4 Å². The number of rotatable bonds is 51. The molecule has 0 spiro atoms. The zero-order chi connectivity index (χ0) is 52.0. The number of carbonyl (C=O) groups excluding carboxylic acids is 2. The van der Waals surface area contributed by atoms with E-state index in [9.17, 15) is 19.5 Å². The van der Waals surface area contributed by atoms with Crippen LogP contribution < -0.4 is 0 Å². The van der Waals surface area contributed by atoms with Crippen molar-refractivity contribution in [3.63, 3.8) is 0 Å². The van der Waals surface area contributed by atoms with E-state index in [2.05, 4.69) is 111 Å². The summed E-state index contributed by atoms with van der Waals surface area (Å²) < 4.78 is 22.9. The summed E-state index contributed by atoms with van der Waals surface area (Å²) in [6, 6.07) is 0. The smallest absolute Gasteiger partial charge is 0.361 e. The summed E-state index contributed by atoms with van der Waals surface area (Å²) in [6.45, 7) is 4.72. The van der Waals surface area contributed by atoms with E-state index >= 15 is 0 Å². The third kappa shape index (κ3) is 53.8. The summed E-state index contributed by atoms with van der Waals surface area (Å²) in [6.07, 6.45) is 67.6. The molecule has 0 radical (unpaired) electrons. The van der Waals surface area contributed by atoms with Crippen LogP contribution in [0.2, 0.25) is 0 Å². The fourth-order valence-electron chi connectivity index (χ4n) is 7.46. The molecule has 1 N–H and O–H groups in total. The van der Waals surface area contributed by atoms with E-state index in [1.54, 1.807) is 0 Å². The van der Waals surface area contributed by atoms with E-state index in [1.807, 2.05) is 21.1 Å². The number of quaternary nitrogens is 1. The van der Waals surface area contributed by atoms with Crippen LogP contribution in [0.25, 0.3) is 0 Å². The highest BCUT2D eigenvalue weighted by Gasteiger charge is 2.25. The standard InChI is InChI=1S/C62H105NO8/c1-6-8-10-12-14-16-18-20-22-24-26-28-30-32-34-36-38-40-42-44-46-48-50-52-59(64)69-56-58(57-70-62(61(66)67)68-55-54-63(3,4)5)71-60(65)53-51-49-47-45-43-41-39-37-35-33-31-29-27-25-23-21-19-17-15-13-11-9-7-2/h9,11,15,17-18,20-21,23-24,26-27,29-30,32-33,35,58,62H,6-8,10,12-14,16,19,22,25,28,31,34,36-57H2,1-5H3/p+1/b11-9-,17-15-,20-18-,23-21-,26-24-,29-27-,32-30-,35-33-. The minimum Gasteiger partial charge on any atom is -0.477 e. The third-order valence-corrected chi connectivity index (χ3v) is 11.8. The molecule has 2 atom stereocenters. The molecule has 2 unspecified atom stereocenters. The first-order chi connectivity index (χ1) is 34.6. The van der Waals surface area contributed by atoms with Crippen LogP contribution in [0.4, 0.5) is 0 Å². The number of esters is 2. The van der Waals surface area contributed by atoms with Crippen molar-refractivity contribution in [2.75, 3.05) is 47.5 Å². The van der Waals surface area contributed by atoms with Crippen LogP contribution in [0.5, 0.6) is 0 Å². The Morgan fingerprint density at radius 1 is 0.437 bits per heavy atom. The Bertz CT molecular complexity index is 1480. The largest absolute Gasteiger partial charge is 0.477 e. The molecule has 0 aromatic rings. The molecule has 0 aromatic carbocycles. The van der Waals surface area contributed by atoms with Crippen LogP contribution in [-0.4, -0.2) is 87.4 Å². The zero-order valence-electron chi connectivity index (χ0n) is 46.1. The number of hydrogen-bond acceptors (Lipinski definition) is 7. The van der Waals surface area contributed by atoms with Gasteiger partial charge in [0.05, 0.1) is 34.4 Å². The second-order valence-corrected chi connectivity index (χ2v) is 19.9. The van der Waals surface area contributed by atoms with E-state index in [4.69, 9.17) is 18.9 Å². The van der Waals surface area contributed by atoms with E-state index in [1.165, 1.54) is 83.5 Å². The molecule has 0 aliphatic rings. The van der Waals surface area contributed by atoms with Crippen molar-refractivity contribution in [1.29, 1.82) is 0 Å². The van der Waals surface area contributed by atoms with Crippen molar-refractivity contribution in [2.45, 2.75) is 232 Å². The van der Waals surface area contributed by atoms with Crippen molar-refractivity contribution in [3.8, 4) is 0 Å². The van der Waals surface area contributed by atoms with Gasteiger partial charge in [-0.3, -0.25) is 9.59 Å². The lowest BCUT2D eigenvalue weighted by Gasteiger charge is -2.25. The van der Waals surface area contributed by atoms with Crippen molar-refractivity contribution < 1.29 is 42.9 Å². The normalized spacial score (nSPS) is 13.5. The van der Waals surface area contributed by atoms with Crippen LogP contribution in [0, 0.1) is 0 Å². The highest BCUT2D eigenvalue weighted by Crippen LogP contribution is 2.14. The number of unbranched alkanes of at least 4 members (excludes halogenated alkanes) is 20. The second kappa shape index (κ2) is 52.5. The van der Waals surface area contributed by atoms with Gasteiger partial charge in [-0.15, -0.1) is 0 Å². The monoisotopic (exact) mass is 993 g/mol. The molecule has 9 nitrogen and oxygen atoms in total. The SMILES string of the molecule is CC/C=C\C/C=C\C/C=C\C/C=C\C/C=C\CCCCCCCCCC(=O)OC(COC(=O)CCCCCCCCCC/C=C\C/C=C\C/C=C\CCCCCCC)COC(OCC[N+](C)(C)C)C(=O)O. The maximum absolute atomic E-state index is 12.9. The number of nitrogens with zero attached hydrogens (tertiary/aromatic N) is 1. The Kier molecular flexibility index (Phi) is 49.7. The molecule has 9 heteroatoms. The van der Waals surface area contributed by atoms with Gasteiger partial charge in [0.1, 0.15) is 13.2 Å². The second-order valence-electron chi connectivity index (χ2n) is 19.9. The number of carboxylic acids is 1. The summed E-state index contributed by atoms with van der Waals surface area (Å²) >= 11 is 0. The Labute approximate surface area is 435 Å². The number of aliphatic carboxylic acids is 1. The first kappa shape index (κ1) is 67.2. The molecule has 0 aliphatic carbocycles. The van der Waals surface area contributed by atoms with Crippen LogP contribution in [0.3, 0.4) is 0 Å². The Hall–Kier alpha value is -3.79. The highest BCUT2D eigenvalue weighted by molar-refractivity contribution is 5.71. The molecule has 0 aliphatic heterocycles. The molecule has 0 heterocycles. The quantitative estimate of drug-likeness (QED) is 0.0211. The highest BCUT2D eigenvalue weighted by atomic mass is 16.7. The molecule has 0 rings (SSSR count). The van der Waals surface area contributed by atoms with Gasteiger partial charge < -0.3 is 28.5 Å². The van der Waals surface area contributed by atoms with Crippen LogP contribution in [0.1, 0.15) is 219 Å². The molecule has 0 fully saturated rings. The van der Waals surface area contributed by atoms with Gasteiger partial charge in [-0.1, -0.05) is 207 Å². The lowest BCUT2D eigenvalue weighted by atomic mass is 10.1. The fraction of sp³-hybridized carbons (Fsp3) is 0.694. The molecule has 0 amide bonds. The number of carbonyl (C=O) groups is 3. The first-order valence-electron chi connectivity index (χ1n) is 28.4. The topological polar surface area (TPSA) is 108 Å². The van der Waals surface area contributed by atoms with Crippen molar-refractivity contribution in [1.82, 2.24) is 0 Å². The molecule has 0 aromatic heterocycles. The number of carboxylic acid groups (broad SMARTS) is 1. The van der Waals surface area contributed by atoms with Gasteiger partial charge in [0, 0.05) is 12.8 Å². The Morgan fingerprint density at radius 3 is 1.20 bits per heavy atom. The van der Waals surface area contributed by atoms with Crippen LogP contribution >= 0.6 is 0 Å². The summed E-state index contributed by atoms with van der Waals surface area (Å²) in [5.74, 6) is -2.04. The summed E-state index contributed by atoms with van der Waals surface area (Å²) in [7, 11) is 5.95. The van der Waals surface area contributed by atoms with E-state index < -0.39 is 24.3 Å². The molecule has 406 valence electrons. The average Bonchev–Trinajstić information content (AvgIpc) is 3.34. The van der Waals surface area contributed by atoms with Crippen LogP contribution in [-0.2, 0) is 33.3 Å². The van der Waals surface area contributed by atoms with Crippen LogP contribution in [0.15, 0.2) is 97.2 Å². The van der Waals surface area contributed by atoms with Gasteiger partial charge in [-0.2, -0.15) is 0 Å². The minimum absolute atomic E-state index is 0.179. The molecule has 0 bridgehead atoms. The number of allylic oxidation sites excluding steroid dienone is 16. The maximum atomic E-state index is 12.9. The van der Waals surface area contributed by atoms with Crippen molar-refractivity contribution >= 4 is 17.9 Å². The summed E-state index contributed by atoms with van der Waals surface area (Å²) in [4.78, 5) is 37.4. The molecular weight excluding hydrogens is 887 g/mol. The summed E-state index contributed by atoms with van der Waals surface area (Å²) in [5.41, 5.74) is 0. The van der Waals surface area contributed by atoms with Gasteiger partial charge in [-0.25, -0.2) is 4.79 Å². The van der Waals surface area contributed by atoms with Gasteiger partial charge >= 0.3 is 17.9 Å². The van der Waals surface area contributed by atoms with Gasteiger partial charge in [0.2, 0.25) is 0 Å². The third-order valence-electron chi connectivity index (χ3n) is 11.8. The van der Waals surface area contributed by atoms with E-state index in [-0.39, 0.29) is 38.6 Å². The Morgan fingerprint density at radius 2 is 0.803 bits per heavy atom. The summed E-state index contributed by atoms with van der Waals surface area (Å²) in [5, 5.41) is 9.70. The molecule has 0 saturated carbocycles. The maximum Gasteiger partial charge on any atom is 0.361 e. The van der Waals surface area contributed by atoms with E-state index in [0.717, 1.165) is 103 Å². The Balaban J connectivity index is 4.34. The fourth-order valence-corrected chi connectivity index (χ4v) is 7.46. The number of hydrogen-bond donors (Lipinski definition) is 1. The number of ether oxygens (including phenoxy) is 4.